The van der Waals surface area contributed by atoms with E-state index in [9.17, 15) is 24.5 Å². The van der Waals surface area contributed by atoms with Crippen LogP contribution in [-0.2, 0) is 17.8 Å². The topological polar surface area (TPSA) is 109 Å². The van der Waals surface area contributed by atoms with Gasteiger partial charge in [0.15, 0.2) is 0 Å². The number of hydrogen-bond donors (Lipinski definition) is 3. The highest BCUT2D eigenvalue weighted by Crippen LogP contribution is 2.61. The van der Waals surface area contributed by atoms with Gasteiger partial charge in [-0.2, -0.15) is 0 Å². The molecule has 39 heavy (non-hydrogen) atoms. The molecule has 3 aliphatic rings. The Morgan fingerprint density at radius 1 is 1.08 bits per heavy atom. The molecular weight excluding hydrogens is 501 g/mol. The van der Waals surface area contributed by atoms with Crippen molar-refractivity contribution in [3.8, 4) is 22.8 Å². The second-order valence-corrected chi connectivity index (χ2v) is 11.1. The Balaban J connectivity index is 1.11. The van der Waals surface area contributed by atoms with E-state index >= 15 is 0 Å². The number of carbonyl (C=O) groups is 1. The van der Waals surface area contributed by atoms with Crippen molar-refractivity contribution >= 4 is 5.97 Å². The molecule has 0 radical (unpaired) electrons. The second-order valence-electron chi connectivity index (χ2n) is 11.1. The predicted molar refractivity (Wildman–Crippen MR) is 141 cm³/mol. The van der Waals surface area contributed by atoms with Gasteiger partial charge in [-0.1, -0.05) is 18.6 Å². The van der Waals surface area contributed by atoms with E-state index < -0.39 is 18.2 Å². The lowest BCUT2D eigenvalue weighted by Gasteiger charge is -2.31. The normalized spacial score (nSPS) is 27.0. The SMILES string of the molecule is Cc1nc(OCC2CCC[C@H](O)[C@@H]2O)ccc1-c1ccc(F)c(COc2ccc3c(c2)C[C@H]2[C@H](C(=O)O)[C@@H]32)c1. The molecule has 0 saturated heterocycles. The highest BCUT2D eigenvalue weighted by molar-refractivity contribution is 5.78. The van der Waals surface area contributed by atoms with Crippen molar-refractivity contribution < 1.29 is 34.0 Å². The Labute approximate surface area is 226 Å². The number of carboxylic acid groups (broad SMARTS) is 1. The van der Waals surface area contributed by atoms with E-state index in [0.29, 0.717) is 23.6 Å². The van der Waals surface area contributed by atoms with Gasteiger partial charge in [0.1, 0.15) is 18.2 Å². The Hall–Kier alpha value is -3.49. The van der Waals surface area contributed by atoms with Crippen molar-refractivity contribution in [3.63, 3.8) is 0 Å². The van der Waals surface area contributed by atoms with Gasteiger partial charge in [0, 0.05) is 34.7 Å². The molecule has 1 heterocycles. The summed E-state index contributed by atoms with van der Waals surface area (Å²) in [6.07, 6.45) is 1.51. The number of ether oxygens (including phenoxy) is 2. The third kappa shape index (κ3) is 4.99. The van der Waals surface area contributed by atoms with Crippen LogP contribution in [0.3, 0.4) is 0 Å². The number of carboxylic acids is 1. The van der Waals surface area contributed by atoms with Crippen LogP contribution in [0.25, 0.3) is 11.1 Å². The number of rotatable bonds is 8. The molecule has 7 nitrogen and oxygen atoms in total. The maximum Gasteiger partial charge on any atom is 0.307 e. The number of hydrogen-bond acceptors (Lipinski definition) is 6. The molecule has 3 aliphatic carbocycles. The monoisotopic (exact) mass is 533 g/mol. The molecule has 6 atom stereocenters. The first-order chi connectivity index (χ1) is 18.8. The molecular formula is C31H32FNO6. The Kier molecular flexibility index (Phi) is 6.77. The van der Waals surface area contributed by atoms with E-state index in [1.807, 2.05) is 31.2 Å². The fourth-order valence-corrected chi connectivity index (χ4v) is 6.37. The van der Waals surface area contributed by atoms with Crippen molar-refractivity contribution in [2.24, 2.45) is 17.8 Å². The highest BCUT2D eigenvalue weighted by atomic mass is 19.1. The summed E-state index contributed by atoms with van der Waals surface area (Å²) in [5.41, 5.74) is 5.02. The smallest absolute Gasteiger partial charge is 0.307 e. The number of fused-ring (bicyclic) bond motifs is 3. The van der Waals surface area contributed by atoms with Crippen LogP contribution in [0.15, 0.2) is 48.5 Å². The largest absolute Gasteiger partial charge is 0.489 e. The zero-order chi connectivity index (χ0) is 27.3. The number of benzene rings is 2. The molecule has 3 aromatic rings. The van der Waals surface area contributed by atoms with Gasteiger partial charge in [-0.25, -0.2) is 9.37 Å². The fraction of sp³-hybridized carbons (Fsp3) is 0.419. The fourth-order valence-electron chi connectivity index (χ4n) is 6.37. The summed E-state index contributed by atoms with van der Waals surface area (Å²) >= 11 is 0. The van der Waals surface area contributed by atoms with Gasteiger partial charge in [0.25, 0.3) is 0 Å². The van der Waals surface area contributed by atoms with Gasteiger partial charge in [0.2, 0.25) is 5.88 Å². The first-order valence-electron chi connectivity index (χ1n) is 13.5. The Morgan fingerprint density at radius 3 is 2.72 bits per heavy atom. The quantitative estimate of drug-likeness (QED) is 0.387. The predicted octanol–water partition coefficient (Wildman–Crippen LogP) is 4.65. The van der Waals surface area contributed by atoms with Crippen molar-refractivity contribution in [2.75, 3.05) is 6.61 Å². The lowest BCUT2D eigenvalue weighted by Crippen LogP contribution is -2.40. The van der Waals surface area contributed by atoms with Crippen LogP contribution in [-0.4, -0.2) is 45.1 Å². The van der Waals surface area contributed by atoms with Crippen LogP contribution < -0.4 is 9.47 Å². The summed E-state index contributed by atoms with van der Waals surface area (Å²) in [5.74, 6) is -0.0991. The number of halogens is 1. The summed E-state index contributed by atoms with van der Waals surface area (Å²) in [5, 5.41) is 29.4. The average molecular weight is 534 g/mol. The van der Waals surface area contributed by atoms with Crippen LogP contribution in [0.1, 0.15) is 47.6 Å². The minimum Gasteiger partial charge on any atom is -0.489 e. The first kappa shape index (κ1) is 25.8. The van der Waals surface area contributed by atoms with Crippen LogP contribution in [0.5, 0.6) is 11.6 Å². The standard InChI is InChI=1S/C31H32FNO6/c1-16-22(8-10-27(33-16)39-14-18-3-2-4-26(34)30(18)35)17-5-9-25(32)20(11-17)15-38-21-6-7-23-19(12-21)13-24-28(23)29(24)31(36)37/h5-12,18,24,26,28-30,34-35H,2-4,13-15H2,1H3,(H,36,37)/t18?,24-,26+,28+,29+,30-/m1/s1. The van der Waals surface area contributed by atoms with Crippen LogP contribution in [0.2, 0.25) is 0 Å². The molecule has 1 unspecified atom stereocenters. The number of aryl methyl sites for hydroxylation is 1. The Morgan fingerprint density at radius 2 is 1.92 bits per heavy atom. The summed E-state index contributed by atoms with van der Waals surface area (Å²) in [6.45, 7) is 2.21. The zero-order valence-electron chi connectivity index (χ0n) is 21.7. The first-order valence-corrected chi connectivity index (χ1v) is 13.5. The van der Waals surface area contributed by atoms with E-state index in [0.717, 1.165) is 47.2 Å². The molecule has 1 aromatic heterocycles. The van der Waals surface area contributed by atoms with Crippen molar-refractivity contribution in [1.29, 1.82) is 0 Å². The zero-order valence-corrected chi connectivity index (χ0v) is 21.7. The van der Waals surface area contributed by atoms with Gasteiger partial charge in [-0.3, -0.25) is 4.79 Å². The molecule has 6 rings (SSSR count). The van der Waals surface area contributed by atoms with Crippen LogP contribution >= 0.6 is 0 Å². The number of aliphatic hydroxyl groups is 2. The molecule has 0 bridgehead atoms. The van der Waals surface area contributed by atoms with Gasteiger partial charge < -0.3 is 24.8 Å². The number of pyridine rings is 1. The van der Waals surface area contributed by atoms with E-state index in [1.54, 1.807) is 18.2 Å². The van der Waals surface area contributed by atoms with E-state index in [1.165, 1.54) is 6.07 Å². The molecule has 0 aliphatic heterocycles. The van der Waals surface area contributed by atoms with Crippen molar-refractivity contribution in [3.05, 3.63) is 76.7 Å². The maximum absolute atomic E-state index is 14.7. The van der Waals surface area contributed by atoms with Gasteiger partial charge >= 0.3 is 5.97 Å². The third-order valence-corrected chi connectivity index (χ3v) is 8.59. The lowest BCUT2D eigenvalue weighted by atomic mass is 9.85. The van der Waals surface area contributed by atoms with Gasteiger partial charge in [0.05, 0.1) is 24.7 Å². The van der Waals surface area contributed by atoms with Crippen LogP contribution in [0, 0.1) is 30.5 Å². The highest BCUT2D eigenvalue weighted by Gasteiger charge is 2.59. The molecule has 204 valence electrons. The van der Waals surface area contributed by atoms with Gasteiger partial charge in [-0.05, 0) is 79.1 Å². The van der Waals surface area contributed by atoms with E-state index in [2.05, 4.69) is 4.98 Å². The molecule has 8 heteroatoms. The van der Waals surface area contributed by atoms with Crippen LogP contribution in [0.4, 0.5) is 4.39 Å². The van der Waals surface area contributed by atoms with E-state index in [4.69, 9.17) is 9.47 Å². The van der Waals surface area contributed by atoms with Crippen molar-refractivity contribution in [1.82, 2.24) is 4.98 Å². The lowest BCUT2D eigenvalue weighted by molar-refractivity contribution is -0.139. The summed E-state index contributed by atoms with van der Waals surface area (Å²) in [7, 11) is 0. The number of aromatic nitrogens is 1. The molecule has 2 aromatic carbocycles. The molecule has 2 saturated carbocycles. The summed E-state index contributed by atoms with van der Waals surface area (Å²) in [6, 6.07) is 14.3. The minimum atomic E-state index is -0.786. The minimum absolute atomic E-state index is 0.0618. The number of nitrogens with zero attached hydrogens (tertiary/aromatic N) is 1. The Bertz CT molecular complexity index is 1410. The second kappa shape index (κ2) is 10.2. The number of aliphatic hydroxyl groups excluding tert-OH is 2. The summed E-state index contributed by atoms with van der Waals surface area (Å²) in [4.78, 5) is 15.9. The van der Waals surface area contributed by atoms with Gasteiger partial charge in [-0.15, -0.1) is 0 Å². The maximum atomic E-state index is 14.7. The average Bonchev–Trinajstić information content (AvgIpc) is 3.51. The third-order valence-electron chi connectivity index (χ3n) is 8.59. The van der Waals surface area contributed by atoms with Crippen molar-refractivity contribution in [2.45, 2.75) is 57.3 Å². The molecule has 0 amide bonds. The number of aliphatic carboxylic acids is 1. The molecule has 0 spiro atoms. The summed E-state index contributed by atoms with van der Waals surface area (Å²) < 4.78 is 26.4. The molecule has 2 fully saturated rings. The van der Waals surface area contributed by atoms with E-state index in [-0.39, 0.29) is 42.7 Å². The molecule has 3 N–H and O–H groups in total.